The monoisotopic (exact) mass is 391 g/mol. The number of halogens is 2. The Morgan fingerprint density at radius 2 is 1.85 bits per heavy atom. The van der Waals surface area contributed by atoms with Gasteiger partial charge in [-0.1, -0.05) is 58.6 Å². The van der Waals surface area contributed by atoms with Crippen molar-refractivity contribution in [3.8, 4) is 0 Å². The molecule has 1 aliphatic heterocycles. The van der Waals surface area contributed by atoms with E-state index in [0.717, 1.165) is 30.5 Å². The maximum absolute atomic E-state index is 11.5. The third kappa shape index (κ3) is 4.22. The molecule has 1 aliphatic rings. The van der Waals surface area contributed by atoms with Crippen molar-refractivity contribution in [3.05, 3.63) is 68.7 Å². The van der Waals surface area contributed by atoms with E-state index in [1.807, 2.05) is 12.1 Å². The summed E-state index contributed by atoms with van der Waals surface area (Å²) in [5.41, 5.74) is 4.47. The second-order valence-electron chi connectivity index (χ2n) is 7.16. The molecule has 1 saturated heterocycles. The van der Waals surface area contributed by atoms with E-state index in [0.29, 0.717) is 16.6 Å². The molecule has 1 fully saturated rings. The summed E-state index contributed by atoms with van der Waals surface area (Å²) in [6.45, 7) is 5.52. The average Bonchev–Trinajstić information content (AvgIpc) is 2.56. The van der Waals surface area contributed by atoms with Gasteiger partial charge in [-0.25, -0.2) is 0 Å². The number of nitrogens with zero attached hydrogens (tertiary/aromatic N) is 1. The van der Waals surface area contributed by atoms with E-state index in [4.69, 9.17) is 23.2 Å². The molecular weight excluding hydrogens is 369 g/mol. The highest BCUT2D eigenvalue weighted by atomic mass is 35.5. The zero-order valence-corrected chi connectivity index (χ0v) is 16.5. The lowest BCUT2D eigenvalue weighted by Crippen LogP contribution is -2.41. The summed E-state index contributed by atoms with van der Waals surface area (Å²) in [5, 5.41) is 10.7. The van der Waals surface area contributed by atoms with Gasteiger partial charge in [0.15, 0.2) is 0 Å². The van der Waals surface area contributed by atoms with Crippen LogP contribution in [0.2, 0.25) is 10.0 Å². The highest BCUT2D eigenvalue weighted by Gasteiger charge is 2.32. The smallest absolute Gasteiger partial charge is 0.307 e. The minimum Gasteiger partial charge on any atom is -0.481 e. The molecule has 0 radical (unpaired) electrons. The van der Waals surface area contributed by atoms with Crippen LogP contribution in [0.5, 0.6) is 0 Å². The zero-order valence-electron chi connectivity index (χ0n) is 15.0. The number of carboxylic acid groups (broad SMARTS) is 1. The van der Waals surface area contributed by atoms with Crippen LogP contribution in [0.3, 0.4) is 0 Å². The van der Waals surface area contributed by atoms with Crippen molar-refractivity contribution in [2.24, 2.45) is 5.92 Å². The molecule has 0 amide bonds. The summed E-state index contributed by atoms with van der Waals surface area (Å²) < 4.78 is 0. The Morgan fingerprint density at radius 1 is 1.15 bits per heavy atom. The molecule has 0 spiro atoms. The van der Waals surface area contributed by atoms with E-state index in [9.17, 15) is 9.90 Å². The Labute approximate surface area is 164 Å². The van der Waals surface area contributed by atoms with Gasteiger partial charge in [0.1, 0.15) is 0 Å². The number of benzene rings is 2. The molecule has 2 atom stereocenters. The molecule has 2 aromatic rings. The minimum absolute atomic E-state index is 0.0829. The second-order valence-corrected chi connectivity index (χ2v) is 8.01. The van der Waals surface area contributed by atoms with Crippen molar-refractivity contribution in [2.75, 3.05) is 13.1 Å². The van der Waals surface area contributed by atoms with Crippen LogP contribution in [0.25, 0.3) is 0 Å². The van der Waals surface area contributed by atoms with Crippen molar-refractivity contribution < 1.29 is 9.90 Å². The van der Waals surface area contributed by atoms with E-state index >= 15 is 0 Å². The number of piperidine rings is 1. The number of aliphatic carboxylic acids is 1. The Hall–Kier alpha value is -1.55. The standard InChI is InChI=1S/C21H23Cl2NO2/c1-13-8-14(2)10-16(9-13)20(18-6-5-17(22)11-19(18)23)24-7-3-4-15(12-24)21(25)26/h5-6,8-11,15,20H,3-4,7,12H2,1-2H3,(H,25,26). The Balaban J connectivity index is 2.08. The van der Waals surface area contributed by atoms with Crippen molar-refractivity contribution >= 4 is 29.2 Å². The first-order valence-corrected chi connectivity index (χ1v) is 9.60. The van der Waals surface area contributed by atoms with Gasteiger partial charge in [-0.05, 0) is 56.5 Å². The lowest BCUT2D eigenvalue weighted by atomic mass is 9.90. The van der Waals surface area contributed by atoms with E-state index in [-0.39, 0.29) is 12.0 Å². The molecular formula is C21H23Cl2NO2. The number of rotatable bonds is 4. The molecule has 0 saturated carbocycles. The summed E-state index contributed by atoms with van der Waals surface area (Å²) >= 11 is 12.6. The van der Waals surface area contributed by atoms with Crippen LogP contribution in [-0.2, 0) is 4.79 Å². The molecule has 2 aromatic carbocycles. The van der Waals surface area contributed by atoms with E-state index < -0.39 is 5.97 Å². The van der Waals surface area contributed by atoms with Gasteiger partial charge in [-0.2, -0.15) is 0 Å². The third-order valence-corrected chi connectivity index (χ3v) is 5.55. The van der Waals surface area contributed by atoms with Crippen LogP contribution in [0.4, 0.5) is 0 Å². The second kappa shape index (κ2) is 7.99. The quantitative estimate of drug-likeness (QED) is 0.747. The van der Waals surface area contributed by atoms with Crippen LogP contribution in [-0.4, -0.2) is 29.1 Å². The zero-order chi connectivity index (χ0) is 18.8. The third-order valence-electron chi connectivity index (χ3n) is 4.98. The highest BCUT2D eigenvalue weighted by molar-refractivity contribution is 6.35. The topological polar surface area (TPSA) is 40.5 Å². The molecule has 0 aliphatic carbocycles. The van der Waals surface area contributed by atoms with Gasteiger partial charge < -0.3 is 5.11 Å². The molecule has 0 aromatic heterocycles. The summed E-state index contributed by atoms with van der Waals surface area (Å²) in [7, 11) is 0. The predicted octanol–water partition coefficient (Wildman–Crippen LogP) is 5.50. The number of likely N-dealkylation sites (tertiary alicyclic amines) is 1. The van der Waals surface area contributed by atoms with Crippen molar-refractivity contribution in [3.63, 3.8) is 0 Å². The van der Waals surface area contributed by atoms with Crippen LogP contribution in [0.1, 0.15) is 41.1 Å². The van der Waals surface area contributed by atoms with E-state index in [1.165, 1.54) is 11.1 Å². The van der Waals surface area contributed by atoms with Crippen LogP contribution < -0.4 is 0 Å². The maximum Gasteiger partial charge on any atom is 0.307 e. The van der Waals surface area contributed by atoms with Crippen LogP contribution in [0.15, 0.2) is 36.4 Å². The average molecular weight is 392 g/mol. The molecule has 138 valence electrons. The number of aryl methyl sites for hydroxylation is 2. The van der Waals surface area contributed by atoms with Gasteiger partial charge in [0.05, 0.1) is 12.0 Å². The lowest BCUT2D eigenvalue weighted by molar-refractivity contribution is -0.143. The molecule has 3 rings (SSSR count). The van der Waals surface area contributed by atoms with Gasteiger partial charge in [-0.3, -0.25) is 9.69 Å². The molecule has 1 heterocycles. The molecule has 5 heteroatoms. The number of hydrogen-bond acceptors (Lipinski definition) is 2. The Kier molecular flexibility index (Phi) is 5.91. The van der Waals surface area contributed by atoms with E-state index in [1.54, 1.807) is 6.07 Å². The summed E-state index contributed by atoms with van der Waals surface area (Å²) in [4.78, 5) is 13.8. The largest absolute Gasteiger partial charge is 0.481 e. The maximum atomic E-state index is 11.5. The van der Waals surface area contributed by atoms with E-state index in [2.05, 4.69) is 36.9 Å². The summed E-state index contributed by atoms with van der Waals surface area (Å²) in [6.07, 6.45) is 1.59. The Morgan fingerprint density at radius 3 is 2.46 bits per heavy atom. The molecule has 26 heavy (non-hydrogen) atoms. The lowest BCUT2D eigenvalue weighted by Gasteiger charge is -2.38. The fourth-order valence-corrected chi connectivity index (χ4v) is 4.43. The fraction of sp³-hybridized carbons (Fsp3) is 0.381. The molecule has 2 unspecified atom stereocenters. The summed E-state index contributed by atoms with van der Waals surface area (Å²) in [6, 6.07) is 11.9. The van der Waals surface area contributed by atoms with Gasteiger partial charge >= 0.3 is 5.97 Å². The number of carboxylic acids is 1. The first-order valence-electron chi connectivity index (χ1n) is 8.85. The van der Waals surface area contributed by atoms with Crippen LogP contribution in [0, 0.1) is 19.8 Å². The minimum atomic E-state index is -0.726. The molecule has 0 bridgehead atoms. The first-order chi connectivity index (χ1) is 12.3. The molecule has 3 nitrogen and oxygen atoms in total. The van der Waals surface area contributed by atoms with Gasteiger partial charge in [0, 0.05) is 16.6 Å². The summed E-state index contributed by atoms with van der Waals surface area (Å²) in [5.74, 6) is -1.07. The Bertz CT molecular complexity index is 801. The number of hydrogen-bond donors (Lipinski definition) is 1. The van der Waals surface area contributed by atoms with Gasteiger partial charge in [0.2, 0.25) is 0 Å². The van der Waals surface area contributed by atoms with Crippen LogP contribution >= 0.6 is 23.2 Å². The van der Waals surface area contributed by atoms with Gasteiger partial charge in [0.25, 0.3) is 0 Å². The fourth-order valence-electron chi connectivity index (χ4n) is 3.92. The highest BCUT2D eigenvalue weighted by Crippen LogP contribution is 2.37. The van der Waals surface area contributed by atoms with Crippen molar-refractivity contribution in [1.82, 2.24) is 4.90 Å². The van der Waals surface area contributed by atoms with Crippen molar-refractivity contribution in [2.45, 2.75) is 32.7 Å². The molecule has 1 N–H and O–H groups in total. The first kappa shape index (κ1) is 19.2. The van der Waals surface area contributed by atoms with Gasteiger partial charge in [-0.15, -0.1) is 0 Å². The predicted molar refractivity (Wildman–Crippen MR) is 106 cm³/mol. The number of carbonyl (C=O) groups is 1. The normalized spacial score (nSPS) is 19.3. The van der Waals surface area contributed by atoms with Crippen molar-refractivity contribution in [1.29, 1.82) is 0 Å². The SMILES string of the molecule is Cc1cc(C)cc(C(c2ccc(Cl)cc2Cl)N2CCCC(C(=O)O)C2)c1.